The zero-order valence-electron chi connectivity index (χ0n) is 10.6. The second-order valence-electron chi connectivity index (χ2n) is 4.52. The highest BCUT2D eigenvalue weighted by Gasteiger charge is 2.16. The molecule has 0 aliphatic carbocycles. The minimum Gasteiger partial charge on any atom is -0.462 e. The van der Waals surface area contributed by atoms with E-state index >= 15 is 0 Å². The third-order valence-corrected chi connectivity index (χ3v) is 3.68. The van der Waals surface area contributed by atoms with Crippen molar-refractivity contribution in [3.8, 4) is 10.8 Å². The maximum atomic E-state index is 11.9. The van der Waals surface area contributed by atoms with Gasteiger partial charge in [0.25, 0.3) is 5.91 Å². The van der Waals surface area contributed by atoms with Crippen LogP contribution in [0.25, 0.3) is 10.8 Å². The Hall–Kier alpha value is -1.62. The lowest BCUT2D eigenvalue weighted by molar-refractivity contribution is 0.0926. The molecule has 0 aromatic carbocycles. The van der Waals surface area contributed by atoms with Gasteiger partial charge in [-0.15, -0.1) is 11.3 Å². The van der Waals surface area contributed by atoms with E-state index in [1.165, 1.54) is 11.3 Å². The van der Waals surface area contributed by atoms with Gasteiger partial charge < -0.3 is 9.73 Å². The highest BCUT2D eigenvalue weighted by Crippen LogP contribution is 2.23. The molecule has 0 spiro atoms. The van der Waals surface area contributed by atoms with E-state index in [9.17, 15) is 4.79 Å². The van der Waals surface area contributed by atoms with Gasteiger partial charge in [0.15, 0.2) is 10.8 Å². The fraction of sp³-hybridized carbons (Fsp3) is 0.385. The molecule has 96 valence electrons. The van der Waals surface area contributed by atoms with Gasteiger partial charge in [0, 0.05) is 11.4 Å². The minimum atomic E-state index is -0.134. The normalized spacial score (nSPS) is 12.7. The van der Waals surface area contributed by atoms with Gasteiger partial charge in [-0.05, 0) is 25.0 Å². The number of hydrogen-bond acceptors (Lipinski definition) is 4. The van der Waals surface area contributed by atoms with Crippen molar-refractivity contribution in [2.75, 3.05) is 0 Å². The first-order valence-corrected chi connectivity index (χ1v) is 6.76. The van der Waals surface area contributed by atoms with Crippen molar-refractivity contribution >= 4 is 17.2 Å². The van der Waals surface area contributed by atoms with Crippen molar-refractivity contribution in [2.24, 2.45) is 5.92 Å². The van der Waals surface area contributed by atoms with Gasteiger partial charge in [-0.2, -0.15) is 0 Å². The van der Waals surface area contributed by atoms with Gasteiger partial charge in [0.1, 0.15) is 5.69 Å². The Labute approximate surface area is 110 Å². The van der Waals surface area contributed by atoms with Crippen LogP contribution in [0, 0.1) is 5.92 Å². The lowest BCUT2D eigenvalue weighted by Crippen LogP contribution is -2.36. The Bertz CT molecular complexity index is 517. The van der Waals surface area contributed by atoms with E-state index in [1.807, 2.05) is 13.0 Å². The molecule has 1 unspecified atom stereocenters. The quantitative estimate of drug-likeness (QED) is 0.922. The summed E-state index contributed by atoms with van der Waals surface area (Å²) >= 11 is 1.41. The first-order valence-electron chi connectivity index (χ1n) is 5.88. The van der Waals surface area contributed by atoms with Crippen molar-refractivity contribution < 1.29 is 9.21 Å². The molecule has 0 saturated heterocycles. The number of carbonyl (C=O) groups is 1. The number of furan rings is 1. The predicted molar refractivity (Wildman–Crippen MR) is 71.6 cm³/mol. The number of carbonyl (C=O) groups excluding carboxylic acids is 1. The van der Waals surface area contributed by atoms with Crippen LogP contribution >= 0.6 is 11.3 Å². The third kappa shape index (κ3) is 2.79. The summed E-state index contributed by atoms with van der Waals surface area (Å²) in [6.45, 7) is 6.13. The summed E-state index contributed by atoms with van der Waals surface area (Å²) in [5.41, 5.74) is 0.443. The molecule has 1 amide bonds. The molecule has 0 bridgehead atoms. The molecule has 2 aromatic heterocycles. The average molecular weight is 264 g/mol. The van der Waals surface area contributed by atoms with Crippen LogP contribution in [0.2, 0.25) is 0 Å². The molecule has 18 heavy (non-hydrogen) atoms. The van der Waals surface area contributed by atoms with Gasteiger partial charge in [0.05, 0.1) is 6.26 Å². The Morgan fingerprint density at radius 1 is 1.44 bits per heavy atom. The van der Waals surface area contributed by atoms with Crippen LogP contribution in [-0.4, -0.2) is 16.9 Å². The van der Waals surface area contributed by atoms with E-state index in [0.717, 1.165) is 5.01 Å². The highest BCUT2D eigenvalue weighted by atomic mass is 32.1. The van der Waals surface area contributed by atoms with E-state index in [2.05, 4.69) is 24.1 Å². The lowest BCUT2D eigenvalue weighted by Gasteiger charge is -2.16. The molecule has 1 N–H and O–H groups in total. The number of hydrogen-bond donors (Lipinski definition) is 1. The molecule has 5 heteroatoms. The van der Waals surface area contributed by atoms with E-state index in [4.69, 9.17) is 4.42 Å². The smallest absolute Gasteiger partial charge is 0.270 e. The standard InChI is InChI=1S/C13H16N2O2S/c1-8(2)9(3)14-12(16)10-7-18-13(15-10)11-5-4-6-17-11/h4-9H,1-3H3,(H,14,16). The summed E-state index contributed by atoms with van der Waals surface area (Å²) in [5, 5.41) is 5.40. The highest BCUT2D eigenvalue weighted by molar-refractivity contribution is 7.13. The van der Waals surface area contributed by atoms with Crippen LogP contribution in [0.4, 0.5) is 0 Å². The Kier molecular flexibility index (Phi) is 3.81. The third-order valence-electron chi connectivity index (χ3n) is 2.83. The van der Waals surface area contributed by atoms with Crippen molar-refractivity contribution in [3.05, 3.63) is 29.5 Å². The fourth-order valence-corrected chi connectivity index (χ4v) is 2.11. The number of nitrogens with one attached hydrogen (secondary N) is 1. The molecule has 0 radical (unpaired) electrons. The molecule has 0 aliphatic rings. The maximum absolute atomic E-state index is 11.9. The Morgan fingerprint density at radius 2 is 2.22 bits per heavy atom. The van der Waals surface area contributed by atoms with Crippen molar-refractivity contribution in [1.29, 1.82) is 0 Å². The van der Waals surface area contributed by atoms with Crippen LogP contribution in [0.15, 0.2) is 28.2 Å². The zero-order valence-corrected chi connectivity index (χ0v) is 11.5. The molecule has 1 atom stereocenters. The SMILES string of the molecule is CC(C)C(C)NC(=O)c1csc(-c2ccco2)n1. The molecule has 0 aliphatic heterocycles. The maximum Gasteiger partial charge on any atom is 0.270 e. The monoisotopic (exact) mass is 264 g/mol. The van der Waals surface area contributed by atoms with Crippen LogP contribution in [0.1, 0.15) is 31.3 Å². The number of rotatable bonds is 4. The Balaban J connectivity index is 2.08. The number of aromatic nitrogens is 1. The summed E-state index contributed by atoms with van der Waals surface area (Å²) < 4.78 is 5.25. The van der Waals surface area contributed by atoms with Crippen molar-refractivity contribution in [3.63, 3.8) is 0 Å². The van der Waals surface area contributed by atoms with E-state index in [1.54, 1.807) is 17.7 Å². The van der Waals surface area contributed by atoms with Crippen LogP contribution < -0.4 is 5.32 Å². The summed E-state index contributed by atoms with van der Waals surface area (Å²) in [4.78, 5) is 16.2. The number of thiazole rings is 1. The largest absolute Gasteiger partial charge is 0.462 e. The van der Waals surface area contributed by atoms with Crippen LogP contribution in [-0.2, 0) is 0 Å². The molecular formula is C13H16N2O2S. The van der Waals surface area contributed by atoms with E-state index < -0.39 is 0 Å². The zero-order chi connectivity index (χ0) is 13.1. The lowest BCUT2D eigenvalue weighted by atomic mass is 10.1. The second kappa shape index (κ2) is 5.35. The summed E-state index contributed by atoms with van der Waals surface area (Å²) in [6, 6.07) is 3.76. The van der Waals surface area contributed by atoms with Gasteiger partial charge in [-0.25, -0.2) is 4.98 Å². The van der Waals surface area contributed by atoms with Gasteiger partial charge in [-0.3, -0.25) is 4.79 Å². The van der Waals surface area contributed by atoms with Crippen molar-refractivity contribution in [2.45, 2.75) is 26.8 Å². The number of nitrogens with zero attached hydrogens (tertiary/aromatic N) is 1. The molecule has 0 fully saturated rings. The van der Waals surface area contributed by atoms with Crippen LogP contribution in [0.5, 0.6) is 0 Å². The summed E-state index contributed by atoms with van der Waals surface area (Å²) in [6.07, 6.45) is 1.59. The second-order valence-corrected chi connectivity index (χ2v) is 5.38. The van der Waals surface area contributed by atoms with Crippen LogP contribution in [0.3, 0.4) is 0 Å². The molecule has 2 rings (SSSR count). The molecule has 2 aromatic rings. The first kappa shape index (κ1) is 12.8. The molecular weight excluding hydrogens is 248 g/mol. The molecule has 2 heterocycles. The van der Waals surface area contributed by atoms with E-state index in [0.29, 0.717) is 17.4 Å². The first-order chi connectivity index (χ1) is 8.58. The van der Waals surface area contributed by atoms with E-state index in [-0.39, 0.29) is 11.9 Å². The summed E-state index contributed by atoms with van der Waals surface area (Å²) in [7, 11) is 0. The van der Waals surface area contributed by atoms with Gasteiger partial charge >= 0.3 is 0 Å². The predicted octanol–water partition coefficient (Wildman–Crippen LogP) is 3.18. The number of amides is 1. The minimum absolute atomic E-state index is 0.131. The molecule has 0 saturated carbocycles. The molecule has 4 nitrogen and oxygen atoms in total. The summed E-state index contributed by atoms with van der Waals surface area (Å²) in [5.74, 6) is 0.957. The van der Waals surface area contributed by atoms with Gasteiger partial charge in [0.2, 0.25) is 0 Å². The topological polar surface area (TPSA) is 55.1 Å². The van der Waals surface area contributed by atoms with Crippen molar-refractivity contribution in [1.82, 2.24) is 10.3 Å². The van der Waals surface area contributed by atoms with Gasteiger partial charge in [-0.1, -0.05) is 13.8 Å². The average Bonchev–Trinajstić information content (AvgIpc) is 2.99. The Morgan fingerprint density at radius 3 is 2.83 bits per heavy atom. The fourth-order valence-electron chi connectivity index (χ4n) is 1.34.